The third kappa shape index (κ3) is 3.42. The van der Waals surface area contributed by atoms with Crippen molar-refractivity contribution in [2.75, 3.05) is 24.5 Å². The van der Waals surface area contributed by atoms with Crippen molar-refractivity contribution in [2.24, 2.45) is 5.92 Å². The lowest BCUT2D eigenvalue weighted by Gasteiger charge is -2.33. The summed E-state index contributed by atoms with van der Waals surface area (Å²) in [6.07, 6.45) is 6.04. The van der Waals surface area contributed by atoms with Crippen LogP contribution in [-0.4, -0.2) is 35.6 Å². The molecule has 1 aliphatic heterocycles. The van der Waals surface area contributed by atoms with Crippen LogP contribution in [0.15, 0.2) is 12.4 Å². The third-order valence-corrected chi connectivity index (χ3v) is 3.58. The van der Waals surface area contributed by atoms with E-state index < -0.39 is 0 Å². The van der Waals surface area contributed by atoms with Gasteiger partial charge in [-0.25, -0.2) is 4.98 Å². The third-order valence-electron chi connectivity index (χ3n) is 3.58. The maximum absolute atomic E-state index is 4.45. The van der Waals surface area contributed by atoms with Crippen LogP contribution in [0.25, 0.3) is 0 Å². The lowest BCUT2D eigenvalue weighted by atomic mass is 9.96. The Morgan fingerprint density at radius 1 is 1.28 bits per heavy atom. The predicted octanol–water partition coefficient (Wildman–Crippen LogP) is 2.00. The predicted molar refractivity (Wildman–Crippen MR) is 74.8 cm³/mol. The first-order valence-corrected chi connectivity index (χ1v) is 6.92. The molecule has 0 unspecified atom stereocenters. The van der Waals surface area contributed by atoms with Gasteiger partial charge in [-0.3, -0.25) is 4.98 Å². The van der Waals surface area contributed by atoms with E-state index >= 15 is 0 Å². The molecule has 1 aromatic rings. The monoisotopic (exact) mass is 248 g/mol. The average molecular weight is 248 g/mol. The van der Waals surface area contributed by atoms with Crippen molar-refractivity contribution >= 4 is 5.82 Å². The molecular formula is C14H24N4. The van der Waals surface area contributed by atoms with Gasteiger partial charge in [-0.1, -0.05) is 13.8 Å². The molecule has 1 aliphatic rings. The normalized spacial score (nSPS) is 17.4. The maximum atomic E-state index is 4.45. The molecule has 1 saturated heterocycles. The first-order valence-electron chi connectivity index (χ1n) is 6.92. The summed E-state index contributed by atoms with van der Waals surface area (Å²) in [6, 6.07) is 0.588. The Morgan fingerprint density at radius 3 is 2.56 bits per heavy atom. The topological polar surface area (TPSA) is 41.1 Å². The minimum Gasteiger partial charge on any atom is -0.355 e. The molecule has 4 heteroatoms. The van der Waals surface area contributed by atoms with E-state index in [-0.39, 0.29) is 0 Å². The first-order chi connectivity index (χ1) is 8.66. The van der Waals surface area contributed by atoms with Crippen molar-refractivity contribution in [2.45, 2.75) is 39.7 Å². The van der Waals surface area contributed by atoms with Gasteiger partial charge in [0.1, 0.15) is 5.82 Å². The molecule has 4 nitrogen and oxygen atoms in total. The van der Waals surface area contributed by atoms with Crippen molar-refractivity contribution in [3.05, 3.63) is 18.1 Å². The van der Waals surface area contributed by atoms with E-state index in [0.717, 1.165) is 37.1 Å². The smallest absolute Gasteiger partial charge is 0.150 e. The summed E-state index contributed by atoms with van der Waals surface area (Å²) < 4.78 is 0. The van der Waals surface area contributed by atoms with Crippen LogP contribution in [0.3, 0.4) is 0 Å². The van der Waals surface area contributed by atoms with E-state index in [9.17, 15) is 0 Å². The number of rotatable bonds is 4. The minimum atomic E-state index is 0.588. The van der Waals surface area contributed by atoms with Crippen molar-refractivity contribution in [3.8, 4) is 0 Å². The first kappa shape index (κ1) is 13.3. The summed E-state index contributed by atoms with van der Waals surface area (Å²) in [6.45, 7) is 9.80. The Bertz CT molecular complexity index is 370. The van der Waals surface area contributed by atoms with Gasteiger partial charge in [0.25, 0.3) is 0 Å². The molecule has 0 amide bonds. The lowest BCUT2D eigenvalue weighted by molar-refractivity contribution is 0.369. The molecule has 0 aromatic carbocycles. The van der Waals surface area contributed by atoms with E-state index in [0.29, 0.717) is 6.04 Å². The number of piperidine rings is 1. The fourth-order valence-corrected chi connectivity index (χ4v) is 2.46. The highest BCUT2D eigenvalue weighted by molar-refractivity contribution is 5.42. The van der Waals surface area contributed by atoms with Crippen LogP contribution in [0.1, 0.15) is 32.4 Å². The Balaban J connectivity index is 1.85. The highest BCUT2D eigenvalue weighted by atomic mass is 15.2. The highest BCUT2D eigenvalue weighted by Gasteiger charge is 2.21. The maximum Gasteiger partial charge on any atom is 0.150 e. The quantitative estimate of drug-likeness (QED) is 0.885. The van der Waals surface area contributed by atoms with Gasteiger partial charge < -0.3 is 10.2 Å². The Hall–Kier alpha value is -1.16. The van der Waals surface area contributed by atoms with E-state index in [2.05, 4.69) is 34.0 Å². The van der Waals surface area contributed by atoms with Gasteiger partial charge in [-0.2, -0.15) is 0 Å². The second-order valence-electron chi connectivity index (χ2n) is 5.46. The second kappa shape index (κ2) is 6.14. The van der Waals surface area contributed by atoms with Crippen LogP contribution < -0.4 is 10.2 Å². The highest BCUT2D eigenvalue weighted by Crippen LogP contribution is 2.22. The standard InChI is InChI=1S/C14H24N4/c1-11(2)17-10-13-4-8-18(9-5-13)14-12(3)15-6-7-16-14/h6-7,11,13,17H,4-5,8-10H2,1-3H3. The number of anilines is 1. The van der Waals surface area contributed by atoms with E-state index in [1.165, 1.54) is 12.8 Å². The molecule has 2 heterocycles. The van der Waals surface area contributed by atoms with Crippen LogP contribution >= 0.6 is 0 Å². The average Bonchev–Trinajstić information content (AvgIpc) is 2.38. The van der Waals surface area contributed by atoms with E-state index in [1.807, 2.05) is 6.92 Å². The molecule has 0 bridgehead atoms. The summed E-state index contributed by atoms with van der Waals surface area (Å²) in [5.74, 6) is 1.87. The fraction of sp³-hybridized carbons (Fsp3) is 0.714. The Morgan fingerprint density at radius 2 is 1.94 bits per heavy atom. The summed E-state index contributed by atoms with van der Waals surface area (Å²) in [5, 5.41) is 3.53. The Kier molecular flexibility index (Phi) is 4.53. The SMILES string of the molecule is Cc1nccnc1N1CCC(CNC(C)C)CC1. The Labute approximate surface area is 110 Å². The van der Waals surface area contributed by atoms with Crippen molar-refractivity contribution in [1.82, 2.24) is 15.3 Å². The lowest BCUT2D eigenvalue weighted by Crippen LogP contribution is -2.39. The van der Waals surface area contributed by atoms with Gasteiger partial charge in [0, 0.05) is 31.5 Å². The molecule has 0 aliphatic carbocycles. The number of hydrogen-bond acceptors (Lipinski definition) is 4. The molecule has 0 saturated carbocycles. The van der Waals surface area contributed by atoms with Crippen molar-refractivity contribution < 1.29 is 0 Å². The van der Waals surface area contributed by atoms with Gasteiger partial charge in [0.15, 0.2) is 0 Å². The van der Waals surface area contributed by atoms with Crippen LogP contribution in [0.5, 0.6) is 0 Å². The minimum absolute atomic E-state index is 0.588. The summed E-state index contributed by atoms with van der Waals surface area (Å²) in [5.41, 5.74) is 1.04. The molecular weight excluding hydrogens is 224 g/mol. The van der Waals surface area contributed by atoms with Gasteiger partial charge in [-0.05, 0) is 32.2 Å². The van der Waals surface area contributed by atoms with Crippen LogP contribution in [0.2, 0.25) is 0 Å². The van der Waals surface area contributed by atoms with Crippen molar-refractivity contribution in [3.63, 3.8) is 0 Å². The van der Waals surface area contributed by atoms with Gasteiger partial charge in [-0.15, -0.1) is 0 Å². The zero-order chi connectivity index (χ0) is 13.0. The van der Waals surface area contributed by atoms with Gasteiger partial charge >= 0.3 is 0 Å². The molecule has 0 radical (unpaired) electrons. The van der Waals surface area contributed by atoms with Crippen LogP contribution in [0.4, 0.5) is 5.82 Å². The molecule has 0 spiro atoms. The number of nitrogens with zero attached hydrogens (tertiary/aromatic N) is 3. The molecule has 18 heavy (non-hydrogen) atoms. The molecule has 0 atom stereocenters. The molecule has 2 rings (SSSR count). The number of hydrogen-bond donors (Lipinski definition) is 1. The number of aromatic nitrogens is 2. The van der Waals surface area contributed by atoms with Crippen molar-refractivity contribution in [1.29, 1.82) is 0 Å². The molecule has 1 fully saturated rings. The summed E-state index contributed by atoms with van der Waals surface area (Å²) in [7, 11) is 0. The number of nitrogens with one attached hydrogen (secondary N) is 1. The summed E-state index contributed by atoms with van der Waals surface area (Å²) in [4.78, 5) is 11.1. The summed E-state index contributed by atoms with van der Waals surface area (Å²) >= 11 is 0. The zero-order valence-electron chi connectivity index (χ0n) is 11.7. The largest absolute Gasteiger partial charge is 0.355 e. The van der Waals surface area contributed by atoms with Gasteiger partial charge in [0.05, 0.1) is 5.69 Å². The molecule has 1 aromatic heterocycles. The fourth-order valence-electron chi connectivity index (χ4n) is 2.46. The van der Waals surface area contributed by atoms with E-state index in [1.54, 1.807) is 12.4 Å². The second-order valence-corrected chi connectivity index (χ2v) is 5.46. The van der Waals surface area contributed by atoms with Crippen LogP contribution in [-0.2, 0) is 0 Å². The number of aryl methyl sites for hydroxylation is 1. The van der Waals surface area contributed by atoms with Gasteiger partial charge in [0.2, 0.25) is 0 Å². The molecule has 1 N–H and O–H groups in total. The molecule has 100 valence electrons. The zero-order valence-corrected chi connectivity index (χ0v) is 11.7. The van der Waals surface area contributed by atoms with Crippen LogP contribution in [0, 0.1) is 12.8 Å². The van der Waals surface area contributed by atoms with E-state index in [4.69, 9.17) is 0 Å².